The summed E-state index contributed by atoms with van der Waals surface area (Å²) < 4.78 is 8.78. The van der Waals surface area contributed by atoms with Gasteiger partial charge in [0.2, 0.25) is 6.10 Å². The van der Waals surface area contributed by atoms with E-state index in [9.17, 15) is 29.4 Å². The minimum Gasteiger partial charge on any atom is -0.479 e. The first kappa shape index (κ1) is 17.0. The molecule has 11 heteroatoms. The zero-order valence-corrected chi connectivity index (χ0v) is 10.3. The molecule has 1 heterocycles. The summed E-state index contributed by atoms with van der Waals surface area (Å²) in [7, 11) is 0. The Morgan fingerprint density at radius 1 is 1.19 bits per heavy atom. The molecule has 0 bridgehead atoms. The van der Waals surface area contributed by atoms with Crippen molar-refractivity contribution < 1.29 is 54.2 Å². The van der Waals surface area contributed by atoms with E-state index in [4.69, 9.17) is 15.3 Å². The van der Waals surface area contributed by atoms with Gasteiger partial charge >= 0.3 is 17.9 Å². The number of aliphatic hydroxyl groups is 4. The van der Waals surface area contributed by atoms with Gasteiger partial charge in [-0.25, -0.2) is 14.4 Å². The highest BCUT2D eigenvalue weighted by Gasteiger charge is 2.50. The number of aliphatic hydroxyl groups excluding tert-OH is 4. The molecule has 5 N–H and O–H groups in total. The zero-order valence-electron chi connectivity index (χ0n) is 10.3. The smallest absolute Gasteiger partial charge is 0.379 e. The van der Waals surface area contributed by atoms with Crippen molar-refractivity contribution in [3.63, 3.8) is 0 Å². The fraction of sp³-hybridized carbons (Fsp3) is 0.600. The molecule has 0 amide bonds. The molecule has 11 nitrogen and oxygen atoms in total. The molecule has 118 valence electrons. The Kier molecular flexibility index (Phi) is 5.32. The molecule has 0 radical (unpaired) electrons. The van der Waals surface area contributed by atoms with Crippen molar-refractivity contribution in [1.82, 2.24) is 0 Å². The highest BCUT2D eigenvalue weighted by atomic mass is 16.6. The van der Waals surface area contributed by atoms with Gasteiger partial charge < -0.3 is 35.0 Å². The number of carboxylic acids is 1. The van der Waals surface area contributed by atoms with E-state index in [2.05, 4.69) is 9.47 Å². The lowest BCUT2D eigenvalue weighted by molar-refractivity contribution is -0.178. The van der Waals surface area contributed by atoms with Crippen LogP contribution in [0.1, 0.15) is 0 Å². The Labute approximate surface area is 116 Å². The second-order valence-corrected chi connectivity index (χ2v) is 4.07. The van der Waals surface area contributed by atoms with Crippen LogP contribution < -0.4 is 0 Å². The van der Waals surface area contributed by atoms with Crippen molar-refractivity contribution in [3.05, 3.63) is 0 Å². The van der Waals surface area contributed by atoms with Crippen LogP contribution in [0.25, 0.3) is 0 Å². The number of ether oxygens (including phenoxy) is 2. The van der Waals surface area contributed by atoms with Crippen molar-refractivity contribution >= 4 is 23.7 Å². The number of hydrogen-bond acceptors (Lipinski definition) is 10. The van der Waals surface area contributed by atoms with Crippen LogP contribution in [0.3, 0.4) is 0 Å². The summed E-state index contributed by atoms with van der Waals surface area (Å²) >= 11 is 0. The van der Waals surface area contributed by atoms with Crippen LogP contribution in [-0.2, 0) is 28.7 Å². The van der Waals surface area contributed by atoms with Gasteiger partial charge in [0, 0.05) is 0 Å². The molecule has 21 heavy (non-hydrogen) atoms. The number of carboxylic acid groups (broad SMARTS) is 1. The largest absolute Gasteiger partial charge is 0.479 e. The Morgan fingerprint density at radius 2 is 1.76 bits per heavy atom. The first-order valence-electron chi connectivity index (χ1n) is 5.53. The van der Waals surface area contributed by atoms with Crippen LogP contribution in [-0.4, -0.2) is 86.4 Å². The minimum absolute atomic E-state index is 0.917. The zero-order chi connectivity index (χ0) is 16.3. The third-order valence-corrected chi connectivity index (χ3v) is 2.60. The van der Waals surface area contributed by atoms with Gasteiger partial charge in [0.25, 0.3) is 5.78 Å². The standard InChI is InChI=1S/C10H12O11/c11-1-2(12)6-7(5(15)10(19)20-6)21-9(18)4(14)3(13)8(16)17/h2-4,6-7,11-14H,1H2,(H,16,17)/t2-,3?,4?,6+,7?/m0/s1. The number of esters is 2. The van der Waals surface area contributed by atoms with Gasteiger partial charge in [-0.15, -0.1) is 0 Å². The third-order valence-electron chi connectivity index (χ3n) is 2.60. The van der Waals surface area contributed by atoms with Gasteiger partial charge in [-0.3, -0.25) is 4.79 Å². The van der Waals surface area contributed by atoms with Crippen LogP contribution in [0.4, 0.5) is 0 Å². The molecule has 0 aliphatic carbocycles. The number of Topliss-reactive ketones (excluding diaryl/α,β-unsaturated/α-hetero) is 1. The number of cyclic esters (lactones) is 1. The van der Waals surface area contributed by atoms with Gasteiger partial charge in [0.1, 0.15) is 6.10 Å². The summed E-state index contributed by atoms with van der Waals surface area (Å²) in [5.74, 6) is -6.43. The van der Waals surface area contributed by atoms with Crippen molar-refractivity contribution in [1.29, 1.82) is 0 Å². The average Bonchev–Trinajstić information content (AvgIpc) is 2.72. The van der Waals surface area contributed by atoms with Gasteiger partial charge in [-0.2, -0.15) is 0 Å². The van der Waals surface area contributed by atoms with Crippen molar-refractivity contribution in [2.75, 3.05) is 6.61 Å². The quantitative estimate of drug-likeness (QED) is 0.235. The lowest BCUT2D eigenvalue weighted by atomic mass is 10.1. The maximum Gasteiger partial charge on any atom is 0.379 e. The SMILES string of the molecule is O=C1O[C@H]([C@@H](O)CO)C(OC(=O)C(O)C(O)C(=O)O)C1=O. The van der Waals surface area contributed by atoms with E-state index in [1.54, 1.807) is 0 Å². The molecule has 0 aromatic rings. The van der Waals surface area contributed by atoms with Crippen LogP contribution in [0.15, 0.2) is 0 Å². The predicted molar refractivity (Wildman–Crippen MR) is 57.5 cm³/mol. The Balaban J connectivity index is 2.83. The van der Waals surface area contributed by atoms with E-state index in [1.807, 2.05) is 0 Å². The molecule has 1 fully saturated rings. The lowest BCUT2D eigenvalue weighted by Crippen LogP contribution is -2.47. The number of carbonyl (C=O) groups is 4. The number of ketones is 1. The molecular weight excluding hydrogens is 296 g/mol. The summed E-state index contributed by atoms with van der Waals surface area (Å²) in [5.41, 5.74) is 0. The van der Waals surface area contributed by atoms with Crippen LogP contribution in [0.2, 0.25) is 0 Å². The van der Waals surface area contributed by atoms with Crippen molar-refractivity contribution in [2.45, 2.75) is 30.5 Å². The van der Waals surface area contributed by atoms with Crippen molar-refractivity contribution in [2.24, 2.45) is 0 Å². The normalized spacial score (nSPS) is 25.9. The second kappa shape index (κ2) is 6.58. The summed E-state index contributed by atoms with van der Waals surface area (Å²) in [4.78, 5) is 44.2. The van der Waals surface area contributed by atoms with Gasteiger partial charge in [0.15, 0.2) is 18.3 Å². The molecule has 1 rings (SSSR count). The molecule has 1 aliphatic heterocycles. The highest BCUT2D eigenvalue weighted by molar-refractivity contribution is 6.37. The Bertz CT molecular complexity index is 458. The first-order valence-corrected chi connectivity index (χ1v) is 5.53. The summed E-state index contributed by atoms with van der Waals surface area (Å²) in [6, 6.07) is 0. The molecule has 0 aromatic heterocycles. The molecule has 1 aliphatic rings. The van der Waals surface area contributed by atoms with E-state index in [-0.39, 0.29) is 0 Å². The van der Waals surface area contributed by atoms with E-state index >= 15 is 0 Å². The van der Waals surface area contributed by atoms with E-state index < -0.39 is 60.8 Å². The van der Waals surface area contributed by atoms with Crippen LogP contribution in [0.5, 0.6) is 0 Å². The fourth-order valence-corrected chi connectivity index (χ4v) is 1.47. The number of aliphatic carboxylic acids is 1. The average molecular weight is 308 g/mol. The topological polar surface area (TPSA) is 188 Å². The lowest BCUT2D eigenvalue weighted by Gasteiger charge is -2.21. The highest BCUT2D eigenvalue weighted by Crippen LogP contribution is 2.19. The summed E-state index contributed by atoms with van der Waals surface area (Å²) in [5, 5.41) is 44.6. The van der Waals surface area contributed by atoms with E-state index in [1.165, 1.54) is 0 Å². The molecule has 3 unspecified atom stereocenters. The maximum atomic E-state index is 11.4. The molecule has 0 aromatic carbocycles. The monoisotopic (exact) mass is 308 g/mol. The van der Waals surface area contributed by atoms with Crippen LogP contribution in [0, 0.1) is 0 Å². The summed E-state index contributed by atoms with van der Waals surface area (Å²) in [6.45, 7) is -0.917. The molecule has 0 spiro atoms. The number of hydrogen-bond donors (Lipinski definition) is 5. The van der Waals surface area contributed by atoms with Crippen molar-refractivity contribution in [3.8, 4) is 0 Å². The molecular formula is C10H12O11. The fourth-order valence-electron chi connectivity index (χ4n) is 1.47. The first-order chi connectivity index (χ1) is 9.70. The van der Waals surface area contributed by atoms with Gasteiger partial charge in [0.05, 0.1) is 6.61 Å². The van der Waals surface area contributed by atoms with Gasteiger partial charge in [-0.05, 0) is 0 Å². The number of carbonyl (C=O) groups excluding carboxylic acids is 3. The molecule has 0 saturated carbocycles. The maximum absolute atomic E-state index is 11.4. The van der Waals surface area contributed by atoms with Crippen LogP contribution >= 0.6 is 0 Å². The van der Waals surface area contributed by atoms with E-state index in [0.717, 1.165) is 0 Å². The van der Waals surface area contributed by atoms with Gasteiger partial charge in [-0.1, -0.05) is 0 Å². The van der Waals surface area contributed by atoms with E-state index in [0.29, 0.717) is 0 Å². The minimum atomic E-state index is -2.52. The second-order valence-electron chi connectivity index (χ2n) is 4.07. The Hall–Kier alpha value is -2.08. The third kappa shape index (κ3) is 3.52. The predicted octanol–water partition coefficient (Wildman–Crippen LogP) is -4.45. The Morgan fingerprint density at radius 3 is 2.24 bits per heavy atom. The molecule has 1 saturated heterocycles. The summed E-state index contributed by atoms with van der Waals surface area (Å²) in [6.07, 6.45) is -10.4. The molecule has 5 atom stereocenters. The number of rotatable bonds is 6.